The molecule has 0 radical (unpaired) electrons. The minimum atomic E-state index is -4.42. The second-order valence-electron chi connectivity index (χ2n) is 6.20. The summed E-state index contributed by atoms with van der Waals surface area (Å²) in [5, 5.41) is 3.21. The van der Waals surface area contributed by atoms with E-state index in [1.807, 2.05) is 43.3 Å². The molecule has 0 aliphatic heterocycles. The SMILES string of the molecule is COc1ccccc1C(CNC(=O)CSc1ccc(C(F)(F)F)cn1)N(C)C. The van der Waals surface area contributed by atoms with E-state index < -0.39 is 11.7 Å². The number of methoxy groups -OCH3 is 1. The van der Waals surface area contributed by atoms with Gasteiger partial charge in [0.15, 0.2) is 0 Å². The zero-order valence-corrected chi connectivity index (χ0v) is 16.6. The van der Waals surface area contributed by atoms with Gasteiger partial charge in [0, 0.05) is 18.3 Å². The number of amides is 1. The summed E-state index contributed by atoms with van der Waals surface area (Å²) in [6.45, 7) is 0.368. The highest BCUT2D eigenvalue weighted by molar-refractivity contribution is 7.99. The van der Waals surface area contributed by atoms with Crippen LogP contribution in [0, 0.1) is 0 Å². The number of nitrogens with one attached hydrogen (secondary N) is 1. The number of carbonyl (C=O) groups is 1. The molecule has 0 saturated carbocycles. The zero-order valence-electron chi connectivity index (χ0n) is 15.8. The number of hydrogen-bond acceptors (Lipinski definition) is 5. The van der Waals surface area contributed by atoms with Crippen LogP contribution in [0.5, 0.6) is 5.75 Å². The summed E-state index contributed by atoms with van der Waals surface area (Å²) in [6.07, 6.45) is -3.66. The standard InChI is InChI=1S/C19H22F3N3O2S/c1-25(2)15(14-6-4-5-7-16(14)27-3)11-23-17(26)12-28-18-9-8-13(10-24-18)19(20,21)22/h4-10,15H,11-12H2,1-3H3,(H,23,26). The van der Waals surface area contributed by atoms with Gasteiger partial charge in [-0.15, -0.1) is 0 Å². The van der Waals surface area contributed by atoms with E-state index >= 15 is 0 Å². The number of rotatable bonds is 8. The third-order valence-corrected chi connectivity index (χ3v) is 4.97. The molecule has 1 heterocycles. The van der Waals surface area contributed by atoms with Crippen LogP contribution in [0.2, 0.25) is 0 Å². The second kappa shape index (κ2) is 9.79. The van der Waals surface area contributed by atoms with Gasteiger partial charge in [-0.1, -0.05) is 30.0 Å². The molecule has 1 unspecified atom stereocenters. The molecule has 1 amide bonds. The fourth-order valence-electron chi connectivity index (χ4n) is 2.55. The first-order chi connectivity index (χ1) is 13.2. The van der Waals surface area contributed by atoms with Gasteiger partial charge >= 0.3 is 6.18 Å². The normalized spacial score (nSPS) is 12.7. The minimum Gasteiger partial charge on any atom is -0.496 e. The lowest BCUT2D eigenvalue weighted by Crippen LogP contribution is -2.35. The average Bonchev–Trinajstić information content (AvgIpc) is 2.66. The Balaban J connectivity index is 1.91. The molecule has 0 aliphatic rings. The van der Waals surface area contributed by atoms with Gasteiger partial charge in [0.2, 0.25) is 5.91 Å². The van der Waals surface area contributed by atoms with Crippen LogP contribution in [-0.2, 0) is 11.0 Å². The van der Waals surface area contributed by atoms with Crippen molar-refractivity contribution in [2.24, 2.45) is 0 Å². The minimum absolute atomic E-state index is 0.0600. The largest absolute Gasteiger partial charge is 0.496 e. The van der Waals surface area contributed by atoms with Gasteiger partial charge in [-0.05, 0) is 32.3 Å². The topological polar surface area (TPSA) is 54.5 Å². The van der Waals surface area contributed by atoms with Gasteiger partial charge in [0.25, 0.3) is 0 Å². The molecule has 0 saturated heterocycles. The first kappa shape index (κ1) is 22.0. The van der Waals surface area contributed by atoms with Crippen LogP contribution in [0.4, 0.5) is 13.2 Å². The Bertz CT molecular complexity index is 783. The quantitative estimate of drug-likeness (QED) is 0.670. The molecule has 2 rings (SSSR count). The van der Waals surface area contributed by atoms with Crippen molar-refractivity contribution in [1.82, 2.24) is 15.2 Å². The molecule has 1 atom stereocenters. The van der Waals surface area contributed by atoms with Gasteiger partial charge in [-0.2, -0.15) is 13.2 Å². The number of benzene rings is 1. The number of halogens is 3. The summed E-state index contributed by atoms with van der Waals surface area (Å²) in [4.78, 5) is 17.9. The molecule has 1 N–H and O–H groups in total. The van der Waals surface area contributed by atoms with E-state index in [1.54, 1.807) is 7.11 Å². The first-order valence-corrected chi connectivity index (χ1v) is 9.43. The molecule has 2 aromatic rings. The van der Waals surface area contributed by atoms with Crippen molar-refractivity contribution in [1.29, 1.82) is 0 Å². The Hall–Kier alpha value is -2.26. The van der Waals surface area contributed by atoms with Crippen LogP contribution in [0.1, 0.15) is 17.2 Å². The Morgan fingerprint density at radius 3 is 2.54 bits per heavy atom. The van der Waals surface area contributed by atoms with Gasteiger partial charge < -0.3 is 15.0 Å². The summed E-state index contributed by atoms with van der Waals surface area (Å²) in [5.74, 6) is 0.567. The summed E-state index contributed by atoms with van der Waals surface area (Å²) >= 11 is 1.08. The third-order valence-electron chi connectivity index (χ3n) is 4.03. The fraction of sp³-hybridized carbons (Fsp3) is 0.368. The molecular formula is C19H22F3N3O2S. The summed E-state index contributed by atoms with van der Waals surface area (Å²) < 4.78 is 43.0. The van der Waals surface area contributed by atoms with Crippen LogP contribution in [-0.4, -0.2) is 49.3 Å². The molecule has 9 heteroatoms. The van der Waals surface area contributed by atoms with Crippen LogP contribution in [0.25, 0.3) is 0 Å². The highest BCUT2D eigenvalue weighted by Crippen LogP contribution is 2.30. The van der Waals surface area contributed by atoms with Crippen molar-refractivity contribution >= 4 is 17.7 Å². The molecule has 1 aromatic heterocycles. The number of pyridine rings is 1. The number of ether oxygens (including phenoxy) is 1. The van der Waals surface area contributed by atoms with Crippen molar-refractivity contribution < 1.29 is 22.7 Å². The van der Waals surface area contributed by atoms with E-state index in [0.29, 0.717) is 11.6 Å². The van der Waals surface area contributed by atoms with Gasteiger partial charge in [-0.3, -0.25) is 4.79 Å². The van der Waals surface area contributed by atoms with Crippen molar-refractivity contribution in [3.05, 3.63) is 53.7 Å². The third kappa shape index (κ3) is 6.13. The molecule has 1 aromatic carbocycles. The molecule has 0 bridgehead atoms. The van der Waals surface area contributed by atoms with Crippen molar-refractivity contribution in [3.8, 4) is 5.75 Å². The zero-order chi connectivity index (χ0) is 20.7. The number of alkyl halides is 3. The summed E-state index contributed by atoms with van der Waals surface area (Å²) in [5.41, 5.74) is 0.138. The fourth-order valence-corrected chi connectivity index (χ4v) is 3.22. The lowest BCUT2D eigenvalue weighted by Gasteiger charge is -2.26. The number of nitrogens with zero attached hydrogens (tertiary/aromatic N) is 2. The average molecular weight is 413 g/mol. The smallest absolute Gasteiger partial charge is 0.417 e. The van der Waals surface area contributed by atoms with Gasteiger partial charge in [0.05, 0.1) is 29.5 Å². The molecule has 0 fully saturated rings. The van der Waals surface area contributed by atoms with Gasteiger partial charge in [0.1, 0.15) is 5.75 Å². The maximum Gasteiger partial charge on any atom is 0.417 e. The van der Waals surface area contributed by atoms with Gasteiger partial charge in [-0.25, -0.2) is 4.98 Å². The summed E-state index contributed by atoms with van der Waals surface area (Å²) in [6, 6.07) is 9.71. The Morgan fingerprint density at radius 1 is 1.25 bits per heavy atom. The van der Waals surface area contributed by atoms with E-state index in [4.69, 9.17) is 4.74 Å². The van der Waals surface area contributed by atoms with Crippen molar-refractivity contribution in [2.75, 3.05) is 33.5 Å². The lowest BCUT2D eigenvalue weighted by atomic mass is 10.0. The number of aromatic nitrogens is 1. The molecular weight excluding hydrogens is 391 g/mol. The molecule has 5 nitrogen and oxygen atoms in total. The highest BCUT2D eigenvalue weighted by Gasteiger charge is 2.30. The number of para-hydroxylation sites is 1. The van der Waals surface area contributed by atoms with E-state index in [1.165, 1.54) is 6.07 Å². The lowest BCUT2D eigenvalue weighted by molar-refractivity contribution is -0.137. The highest BCUT2D eigenvalue weighted by atomic mass is 32.2. The van der Waals surface area contributed by atoms with Crippen LogP contribution < -0.4 is 10.1 Å². The predicted molar refractivity (Wildman–Crippen MR) is 102 cm³/mol. The molecule has 152 valence electrons. The molecule has 28 heavy (non-hydrogen) atoms. The number of carbonyl (C=O) groups excluding carboxylic acids is 1. The predicted octanol–water partition coefficient (Wildman–Crippen LogP) is 3.62. The Labute approximate surface area is 166 Å². The van der Waals surface area contributed by atoms with E-state index in [2.05, 4.69) is 10.3 Å². The Kier molecular flexibility index (Phi) is 7.70. The Morgan fingerprint density at radius 2 is 1.96 bits per heavy atom. The molecule has 0 spiro atoms. The van der Waals surface area contributed by atoms with Crippen LogP contribution in [0.3, 0.4) is 0 Å². The number of hydrogen-bond donors (Lipinski definition) is 1. The van der Waals surface area contributed by atoms with Crippen molar-refractivity contribution in [3.63, 3.8) is 0 Å². The van der Waals surface area contributed by atoms with E-state index in [9.17, 15) is 18.0 Å². The first-order valence-electron chi connectivity index (χ1n) is 8.44. The van der Waals surface area contributed by atoms with Crippen molar-refractivity contribution in [2.45, 2.75) is 17.2 Å². The van der Waals surface area contributed by atoms with E-state index in [-0.39, 0.29) is 17.7 Å². The maximum atomic E-state index is 12.5. The van der Waals surface area contributed by atoms with E-state index in [0.717, 1.165) is 35.3 Å². The van der Waals surface area contributed by atoms with Crippen LogP contribution in [0.15, 0.2) is 47.6 Å². The second-order valence-corrected chi connectivity index (χ2v) is 7.19. The van der Waals surface area contributed by atoms with Crippen LogP contribution >= 0.6 is 11.8 Å². The number of likely N-dealkylation sites (N-methyl/N-ethyl adjacent to an activating group) is 1. The number of thioether (sulfide) groups is 1. The molecule has 0 aliphatic carbocycles. The summed E-state index contributed by atoms with van der Waals surface area (Å²) in [7, 11) is 5.41. The maximum absolute atomic E-state index is 12.5. The monoisotopic (exact) mass is 413 g/mol.